The molecular formula is C36H45N3. The number of hydrogen-bond acceptors (Lipinski definition) is 2. The minimum absolute atomic E-state index is 0.494. The molecule has 1 saturated heterocycles. The molecule has 0 bridgehead atoms. The Morgan fingerprint density at radius 1 is 0.769 bits per heavy atom. The molecule has 3 nitrogen and oxygen atoms in total. The molecule has 0 aliphatic carbocycles. The zero-order valence-corrected chi connectivity index (χ0v) is 24.6. The van der Waals surface area contributed by atoms with Crippen LogP contribution in [0.1, 0.15) is 82.4 Å². The molecule has 204 valence electrons. The van der Waals surface area contributed by atoms with Crippen LogP contribution in [0.5, 0.6) is 0 Å². The van der Waals surface area contributed by atoms with Crippen LogP contribution in [0.2, 0.25) is 0 Å². The summed E-state index contributed by atoms with van der Waals surface area (Å²) in [4.78, 5) is 7.64. The average Bonchev–Trinajstić information content (AvgIpc) is 3.35. The number of hydrogen-bond donors (Lipinski definition) is 0. The van der Waals surface area contributed by atoms with E-state index in [0.717, 1.165) is 11.4 Å². The summed E-state index contributed by atoms with van der Waals surface area (Å²) < 4.78 is 2.43. The summed E-state index contributed by atoms with van der Waals surface area (Å²) in [5.41, 5.74) is 8.98. The lowest BCUT2D eigenvalue weighted by Gasteiger charge is -2.41. The van der Waals surface area contributed by atoms with Crippen LogP contribution < -0.4 is 4.90 Å². The second-order valence-electron chi connectivity index (χ2n) is 11.6. The van der Waals surface area contributed by atoms with Crippen LogP contribution in [-0.4, -0.2) is 21.6 Å². The monoisotopic (exact) mass is 519 g/mol. The van der Waals surface area contributed by atoms with E-state index in [9.17, 15) is 0 Å². The van der Waals surface area contributed by atoms with Crippen molar-refractivity contribution in [2.24, 2.45) is 0 Å². The summed E-state index contributed by atoms with van der Waals surface area (Å²) in [5.74, 6) is 2.22. The predicted molar refractivity (Wildman–Crippen MR) is 167 cm³/mol. The average molecular weight is 520 g/mol. The van der Waals surface area contributed by atoms with Crippen LogP contribution in [0.25, 0.3) is 28.2 Å². The molecule has 0 N–H and O–H groups in total. The number of nitrogens with zero attached hydrogens (tertiary/aromatic N) is 3. The fourth-order valence-electron chi connectivity index (χ4n) is 6.50. The van der Waals surface area contributed by atoms with Crippen molar-refractivity contribution in [3.8, 4) is 28.2 Å². The molecule has 1 aliphatic rings. The van der Waals surface area contributed by atoms with E-state index >= 15 is 0 Å². The normalized spacial score (nSPS) is 17.5. The van der Waals surface area contributed by atoms with E-state index in [1.165, 1.54) is 90.7 Å². The highest BCUT2D eigenvalue weighted by atomic mass is 15.3. The summed E-state index contributed by atoms with van der Waals surface area (Å²) in [6.07, 6.45) is 12.3. The minimum Gasteiger partial charge on any atom is -0.351 e. The van der Waals surface area contributed by atoms with Gasteiger partial charge < -0.3 is 4.90 Å². The van der Waals surface area contributed by atoms with E-state index in [0.29, 0.717) is 12.1 Å². The highest BCUT2D eigenvalue weighted by molar-refractivity contribution is 5.72. The van der Waals surface area contributed by atoms with Crippen LogP contribution in [0, 0.1) is 13.8 Å². The first kappa shape index (κ1) is 27.2. The molecule has 2 unspecified atom stereocenters. The molecule has 0 spiro atoms. The Labute approximate surface area is 235 Å². The maximum absolute atomic E-state index is 5.04. The van der Waals surface area contributed by atoms with Gasteiger partial charge in [-0.05, 0) is 99.7 Å². The van der Waals surface area contributed by atoms with Gasteiger partial charge in [0.05, 0.1) is 11.9 Å². The van der Waals surface area contributed by atoms with Gasteiger partial charge in [-0.3, -0.25) is 4.57 Å². The molecular weight excluding hydrogens is 474 g/mol. The minimum atomic E-state index is 0.494. The Morgan fingerprint density at radius 3 is 2.08 bits per heavy atom. The summed E-state index contributed by atoms with van der Waals surface area (Å²) in [6, 6.07) is 25.6. The number of aromatic nitrogens is 2. The van der Waals surface area contributed by atoms with Crippen molar-refractivity contribution in [2.75, 3.05) is 4.90 Å². The largest absolute Gasteiger partial charge is 0.351 e. The molecule has 3 aromatic carbocycles. The number of anilines is 1. The quantitative estimate of drug-likeness (QED) is 0.205. The highest BCUT2D eigenvalue weighted by Crippen LogP contribution is 2.38. The zero-order valence-electron chi connectivity index (χ0n) is 24.6. The van der Waals surface area contributed by atoms with E-state index in [1.807, 2.05) is 0 Å². The van der Waals surface area contributed by atoms with Gasteiger partial charge in [0.1, 0.15) is 11.6 Å². The van der Waals surface area contributed by atoms with E-state index in [1.54, 1.807) is 0 Å². The molecule has 0 saturated carbocycles. The standard InChI is InChI=1S/C36H45N3/c1-6-7-8-10-16-30-19-21-31(22-20-30)33-23-26(2)35(27(3)24-33)39-34(38-28(4)14-13-15-29(38)5)25-37-36(39)32-17-11-9-12-18-32/h9,11-12,17-25,28-29H,6-8,10,13-16H2,1-5H3. The zero-order chi connectivity index (χ0) is 27.4. The number of unbranched alkanes of at least 4 members (excludes halogenated alkanes) is 3. The van der Waals surface area contributed by atoms with Gasteiger partial charge in [-0.25, -0.2) is 4.98 Å². The third kappa shape index (κ3) is 5.83. The van der Waals surface area contributed by atoms with Gasteiger partial charge in [0, 0.05) is 17.6 Å². The lowest BCUT2D eigenvalue weighted by molar-refractivity contribution is 0.409. The molecule has 1 aliphatic heterocycles. The molecule has 1 aromatic heterocycles. The van der Waals surface area contributed by atoms with Crippen LogP contribution in [0.3, 0.4) is 0 Å². The van der Waals surface area contributed by atoms with Crippen molar-refractivity contribution >= 4 is 5.82 Å². The van der Waals surface area contributed by atoms with Gasteiger partial charge in [0.15, 0.2) is 0 Å². The lowest BCUT2D eigenvalue weighted by atomic mass is 9.96. The van der Waals surface area contributed by atoms with Gasteiger partial charge in [-0.15, -0.1) is 0 Å². The van der Waals surface area contributed by atoms with E-state index in [-0.39, 0.29) is 0 Å². The maximum Gasteiger partial charge on any atom is 0.146 e. The molecule has 3 heteroatoms. The third-order valence-electron chi connectivity index (χ3n) is 8.55. The number of piperidine rings is 1. The Kier molecular flexibility index (Phi) is 8.55. The van der Waals surface area contributed by atoms with Crippen molar-refractivity contribution in [2.45, 2.75) is 98.1 Å². The van der Waals surface area contributed by atoms with Crippen LogP contribution >= 0.6 is 0 Å². The van der Waals surface area contributed by atoms with E-state index in [4.69, 9.17) is 4.98 Å². The second-order valence-corrected chi connectivity index (χ2v) is 11.6. The first-order valence-corrected chi connectivity index (χ1v) is 15.1. The van der Waals surface area contributed by atoms with Crippen LogP contribution in [0.4, 0.5) is 5.82 Å². The van der Waals surface area contributed by atoms with Crippen molar-refractivity contribution < 1.29 is 0 Å². The third-order valence-corrected chi connectivity index (χ3v) is 8.55. The van der Waals surface area contributed by atoms with Crippen LogP contribution in [-0.2, 0) is 6.42 Å². The van der Waals surface area contributed by atoms with Crippen LogP contribution in [0.15, 0.2) is 72.9 Å². The lowest BCUT2D eigenvalue weighted by Crippen LogP contribution is -2.44. The Morgan fingerprint density at radius 2 is 1.44 bits per heavy atom. The molecule has 2 heterocycles. The number of benzene rings is 3. The maximum atomic E-state index is 5.04. The second kappa shape index (κ2) is 12.2. The molecule has 39 heavy (non-hydrogen) atoms. The molecule has 0 radical (unpaired) electrons. The van der Waals surface area contributed by atoms with Crippen molar-refractivity contribution in [1.82, 2.24) is 9.55 Å². The first-order chi connectivity index (χ1) is 19.0. The van der Waals surface area contributed by atoms with Crippen molar-refractivity contribution in [1.29, 1.82) is 0 Å². The van der Waals surface area contributed by atoms with Gasteiger partial charge in [-0.2, -0.15) is 0 Å². The molecule has 0 amide bonds. The van der Waals surface area contributed by atoms with Gasteiger partial charge in [0.25, 0.3) is 0 Å². The first-order valence-electron chi connectivity index (χ1n) is 15.1. The number of rotatable bonds is 9. The number of imidazole rings is 1. The summed E-state index contributed by atoms with van der Waals surface area (Å²) >= 11 is 0. The predicted octanol–water partition coefficient (Wildman–Crippen LogP) is 9.71. The van der Waals surface area contributed by atoms with Gasteiger partial charge in [0.2, 0.25) is 0 Å². The highest BCUT2D eigenvalue weighted by Gasteiger charge is 2.30. The van der Waals surface area contributed by atoms with Crippen molar-refractivity contribution in [3.63, 3.8) is 0 Å². The topological polar surface area (TPSA) is 21.1 Å². The molecule has 1 fully saturated rings. The van der Waals surface area contributed by atoms with Crippen molar-refractivity contribution in [3.05, 3.63) is 89.6 Å². The Bertz CT molecular complexity index is 1330. The molecule has 5 rings (SSSR count). The number of aryl methyl sites for hydroxylation is 3. The summed E-state index contributed by atoms with van der Waals surface area (Å²) in [6.45, 7) is 11.5. The SMILES string of the molecule is CCCCCCc1ccc(-c2cc(C)c(-n3c(N4C(C)CCCC4C)cnc3-c3ccccc3)c(C)c2)cc1. The van der Waals surface area contributed by atoms with E-state index in [2.05, 4.69) is 117 Å². The Balaban J connectivity index is 1.54. The summed E-state index contributed by atoms with van der Waals surface area (Å²) in [5, 5.41) is 0. The smallest absolute Gasteiger partial charge is 0.146 e. The molecule has 4 aromatic rings. The summed E-state index contributed by atoms with van der Waals surface area (Å²) in [7, 11) is 0. The van der Waals surface area contributed by atoms with Gasteiger partial charge >= 0.3 is 0 Å². The Hall–Kier alpha value is -3.33. The fourth-order valence-corrected chi connectivity index (χ4v) is 6.50. The van der Waals surface area contributed by atoms with Gasteiger partial charge in [-0.1, -0.05) is 80.8 Å². The fraction of sp³-hybridized carbons (Fsp3) is 0.417. The molecule has 2 atom stereocenters. The van der Waals surface area contributed by atoms with E-state index < -0.39 is 0 Å².